The monoisotopic (exact) mass is 394 g/mol. The van der Waals surface area contributed by atoms with Crippen LogP contribution < -0.4 is 10.1 Å². The Bertz CT molecular complexity index is 729. The quantitative estimate of drug-likeness (QED) is 0.806. The number of anilines is 1. The average molecular weight is 395 g/mol. The molecule has 1 aromatic heterocycles. The van der Waals surface area contributed by atoms with Gasteiger partial charge in [0.25, 0.3) is 0 Å². The van der Waals surface area contributed by atoms with Gasteiger partial charge in [0.2, 0.25) is 11.8 Å². The number of benzene rings is 1. The van der Waals surface area contributed by atoms with Gasteiger partial charge in [0, 0.05) is 15.6 Å². The van der Waals surface area contributed by atoms with Gasteiger partial charge in [-0.1, -0.05) is 35.7 Å². The van der Waals surface area contributed by atoms with Gasteiger partial charge >= 0.3 is 0 Å². The highest BCUT2D eigenvalue weighted by atomic mass is 35.5. The molecule has 1 amide bonds. The van der Waals surface area contributed by atoms with Gasteiger partial charge in [0.15, 0.2) is 5.82 Å². The molecule has 0 saturated carbocycles. The second-order valence-electron chi connectivity index (χ2n) is 6.11. The molecule has 1 aromatic carbocycles. The molecule has 3 rings (SSSR count). The molecule has 26 heavy (non-hydrogen) atoms. The maximum Gasteiger partial charge on any atom is 0.239 e. The van der Waals surface area contributed by atoms with Crippen LogP contribution in [0.1, 0.15) is 24.8 Å². The Hall–Kier alpha value is -1.89. The van der Waals surface area contributed by atoms with E-state index in [-0.39, 0.29) is 12.5 Å². The third kappa shape index (κ3) is 5.30. The topological polar surface area (TPSA) is 67.4 Å². The lowest BCUT2D eigenvalue weighted by Gasteiger charge is -2.25. The largest absolute Gasteiger partial charge is 0.472 e. The molecular weight excluding hydrogens is 375 g/mol. The van der Waals surface area contributed by atoms with Crippen LogP contribution >= 0.6 is 23.2 Å². The number of rotatable bonds is 6. The number of ether oxygens (including phenoxy) is 1. The maximum absolute atomic E-state index is 12.1. The van der Waals surface area contributed by atoms with Crippen molar-refractivity contribution in [1.82, 2.24) is 14.9 Å². The smallest absolute Gasteiger partial charge is 0.239 e. The van der Waals surface area contributed by atoms with Crippen molar-refractivity contribution in [1.29, 1.82) is 0 Å². The van der Waals surface area contributed by atoms with Crippen LogP contribution in [0.5, 0.6) is 5.88 Å². The second-order valence-corrected chi connectivity index (χ2v) is 6.93. The predicted octanol–water partition coefficient (Wildman–Crippen LogP) is 3.79. The summed E-state index contributed by atoms with van der Waals surface area (Å²) < 4.78 is 5.57. The first-order valence-electron chi connectivity index (χ1n) is 8.52. The third-order valence-corrected chi connectivity index (χ3v) is 4.85. The summed E-state index contributed by atoms with van der Waals surface area (Å²) in [6.45, 7) is 2.51. The van der Waals surface area contributed by atoms with Crippen LogP contribution in [-0.2, 0) is 11.4 Å². The van der Waals surface area contributed by atoms with E-state index in [1.54, 1.807) is 18.2 Å². The number of nitrogens with zero attached hydrogens (tertiary/aromatic N) is 3. The summed E-state index contributed by atoms with van der Waals surface area (Å²) in [6, 6.07) is 5.27. The number of piperidine rings is 1. The van der Waals surface area contributed by atoms with Crippen LogP contribution in [0.2, 0.25) is 10.0 Å². The van der Waals surface area contributed by atoms with E-state index < -0.39 is 0 Å². The average Bonchev–Trinajstić information content (AvgIpc) is 2.63. The standard InChI is InChI=1S/C18H20Cl2N4O2/c19-14-5-4-6-15(20)13(14)12-26-18-10-21-16(9-22-18)23-17(25)11-24-7-2-1-3-8-24/h4-6,9-10H,1-3,7-8,11-12H2,(H,21,23,25). The fourth-order valence-electron chi connectivity index (χ4n) is 2.77. The number of carbonyl (C=O) groups excluding carboxylic acids is 1. The van der Waals surface area contributed by atoms with E-state index >= 15 is 0 Å². The highest BCUT2D eigenvalue weighted by Gasteiger charge is 2.14. The summed E-state index contributed by atoms with van der Waals surface area (Å²) in [7, 11) is 0. The van der Waals surface area contributed by atoms with Crippen LogP contribution in [0.3, 0.4) is 0 Å². The first-order chi connectivity index (χ1) is 12.6. The molecule has 8 heteroatoms. The van der Waals surface area contributed by atoms with Crippen LogP contribution in [-0.4, -0.2) is 40.4 Å². The second kappa shape index (κ2) is 9.16. The van der Waals surface area contributed by atoms with Crippen molar-refractivity contribution in [3.63, 3.8) is 0 Å². The third-order valence-electron chi connectivity index (χ3n) is 4.14. The summed E-state index contributed by atoms with van der Waals surface area (Å²) in [6.07, 6.45) is 6.46. The van der Waals surface area contributed by atoms with Gasteiger partial charge < -0.3 is 10.1 Å². The minimum atomic E-state index is -0.0854. The van der Waals surface area contributed by atoms with Gasteiger partial charge in [0.1, 0.15) is 6.61 Å². The zero-order valence-corrected chi connectivity index (χ0v) is 15.8. The molecule has 0 aliphatic carbocycles. The van der Waals surface area contributed by atoms with E-state index in [2.05, 4.69) is 20.2 Å². The van der Waals surface area contributed by atoms with Crippen LogP contribution in [0, 0.1) is 0 Å². The fraction of sp³-hybridized carbons (Fsp3) is 0.389. The molecular formula is C18H20Cl2N4O2. The van der Waals surface area contributed by atoms with Gasteiger partial charge in [-0.05, 0) is 38.1 Å². The van der Waals surface area contributed by atoms with Gasteiger partial charge in [-0.3, -0.25) is 9.69 Å². The van der Waals surface area contributed by atoms with Crippen molar-refractivity contribution in [2.24, 2.45) is 0 Å². The predicted molar refractivity (Wildman–Crippen MR) is 102 cm³/mol. The van der Waals surface area contributed by atoms with Crippen molar-refractivity contribution in [2.45, 2.75) is 25.9 Å². The molecule has 1 aliphatic rings. The normalized spacial score (nSPS) is 14.8. The van der Waals surface area contributed by atoms with Crippen molar-refractivity contribution in [3.8, 4) is 5.88 Å². The lowest BCUT2D eigenvalue weighted by molar-refractivity contribution is -0.117. The van der Waals surface area contributed by atoms with E-state index in [1.165, 1.54) is 18.8 Å². The number of aromatic nitrogens is 2. The van der Waals surface area contributed by atoms with Gasteiger partial charge in [-0.2, -0.15) is 0 Å². The van der Waals surface area contributed by atoms with Crippen molar-refractivity contribution >= 4 is 34.9 Å². The molecule has 1 N–H and O–H groups in total. The van der Waals surface area contributed by atoms with E-state index in [0.717, 1.165) is 25.9 Å². The minimum Gasteiger partial charge on any atom is -0.472 e. The molecule has 0 atom stereocenters. The Kier molecular flexibility index (Phi) is 6.66. The Labute approximate surface area is 162 Å². The first kappa shape index (κ1) is 18.9. The lowest BCUT2D eigenvalue weighted by atomic mass is 10.1. The first-order valence-corrected chi connectivity index (χ1v) is 9.27. The lowest BCUT2D eigenvalue weighted by Crippen LogP contribution is -2.36. The van der Waals surface area contributed by atoms with Crippen molar-refractivity contribution in [2.75, 3.05) is 25.0 Å². The van der Waals surface area contributed by atoms with Crippen molar-refractivity contribution in [3.05, 3.63) is 46.2 Å². The van der Waals surface area contributed by atoms with E-state index in [9.17, 15) is 4.79 Å². The number of halogens is 2. The fourth-order valence-corrected chi connectivity index (χ4v) is 3.28. The molecule has 2 aromatic rings. The highest BCUT2D eigenvalue weighted by molar-refractivity contribution is 6.35. The number of nitrogens with one attached hydrogen (secondary N) is 1. The van der Waals surface area contributed by atoms with Gasteiger partial charge in [-0.25, -0.2) is 9.97 Å². The zero-order valence-electron chi connectivity index (χ0n) is 14.3. The zero-order chi connectivity index (χ0) is 18.4. The summed E-state index contributed by atoms with van der Waals surface area (Å²) in [4.78, 5) is 22.5. The molecule has 0 radical (unpaired) electrons. The number of amides is 1. The number of carbonyl (C=O) groups is 1. The Morgan fingerprint density at radius 1 is 1.12 bits per heavy atom. The van der Waals surface area contributed by atoms with E-state index in [0.29, 0.717) is 33.9 Å². The minimum absolute atomic E-state index is 0.0854. The molecule has 0 spiro atoms. The molecule has 1 saturated heterocycles. The molecule has 2 heterocycles. The van der Waals surface area contributed by atoms with Crippen LogP contribution in [0.4, 0.5) is 5.82 Å². The van der Waals surface area contributed by atoms with E-state index in [1.807, 2.05) is 0 Å². The van der Waals surface area contributed by atoms with Gasteiger partial charge in [0.05, 0.1) is 18.9 Å². The Morgan fingerprint density at radius 2 is 1.85 bits per heavy atom. The van der Waals surface area contributed by atoms with Crippen molar-refractivity contribution < 1.29 is 9.53 Å². The van der Waals surface area contributed by atoms with Gasteiger partial charge in [-0.15, -0.1) is 0 Å². The molecule has 0 unspecified atom stereocenters. The number of hydrogen-bond donors (Lipinski definition) is 1. The number of likely N-dealkylation sites (tertiary alicyclic amines) is 1. The Balaban J connectivity index is 1.51. The maximum atomic E-state index is 12.1. The summed E-state index contributed by atoms with van der Waals surface area (Å²) in [5.41, 5.74) is 0.691. The number of hydrogen-bond acceptors (Lipinski definition) is 5. The summed E-state index contributed by atoms with van der Waals surface area (Å²) >= 11 is 12.2. The van der Waals surface area contributed by atoms with Crippen LogP contribution in [0.15, 0.2) is 30.6 Å². The van der Waals surface area contributed by atoms with Crippen LogP contribution in [0.25, 0.3) is 0 Å². The molecule has 6 nitrogen and oxygen atoms in total. The molecule has 1 fully saturated rings. The summed E-state index contributed by atoms with van der Waals surface area (Å²) in [5.74, 6) is 0.642. The highest BCUT2D eigenvalue weighted by Crippen LogP contribution is 2.25. The van der Waals surface area contributed by atoms with E-state index in [4.69, 9.17) is 27.9 Å². The Morgan fingerprint density at radius 3 is 2.50 bits per heavy atom. The summed E-state index contributed by atoms with van der Waals surface area (Å²) in [5, 5.41) is 3.83. The SMILES string of the molecule is O=C(CN1CCCCC1)Nc1cnc(OCc2c(Cl)cccc2Cl)cn1. The molecule has 138 valence electrons. The molecule has 1 aliphatic heterocycles. The molecule has 0 bridgehead atoms.